The average Bonchev–Trinajstić information content (AvgIpc) is 3.59. The Hall–Kier alpha value is -2.18. The van der Waals surface area contributed by atoms with Crippen LogP contribution in [0.5, 0.6) is 0 Å². The van der Waals surface area contributed by atoms with Gasteiger partial charge < -0.3 is 15.4 Å². The number of unbranched alkanes of at least 4 members (excludes halogenated alkanes) is 4. The minimum absolute atomic E-state index is 0.0300. The van der Waals surface area contributed by atoms with Gasteiger partial charge in [-0.25, -0.2) is 9.78 Å². The summed E-state index contributed by atoms with van der Waals surface area (Å²) >= 11 is 4.19. The Morgan fingerprint density at radius 1 is 1.21 bits per heavy atom. The van der Waals surface area contributed by atoms with Crippen LogP contribution in [0, 0.1) is 11.8 Å². The number of aliphatic imine (C=N–C) groups is 1. The smallest absolute Gasteiger partial charge is 0.329 e. The molecule has 1 aromatic rings. The molecule has 0 saturated carbocycles. The third-order valence-corrected chi connectivity index (χ3v) is 10.4. The van der Waals surface area contributed by atoms with E-state index < -0.39 is 23.7 Å². The number of esters is 1. The number of ether oxygens (including phenoxy) is 1. The molecule has 0 aliphatic carbocycles. The number of rotatable bonds is 11. The number of nitrogens with one attached hydrogen (secondary N) is 2. The second-order valence-corrected chi connectivity index (χ2v) is 14.5. The van der Waals surface area contributed by atoms with Gasteiger partial charge in [-0.1, -0.05) is 71.2 Å². The van der Waals surface area contributed by atoms with Crippen molar-refractivity contribution in [3.05, 3.63) is 28.2 Å². The van der Waals surface area contributed by atoms with Crippen LogP contribution in [0.4, 0.5) is 0 Å². The summed E-state index contributed by atoms with van der Waals surface area (Å²) in [7, 11) is 0. The van der Waals surface area contributed by atoms with Gasteiger partial charge in [-0.2, -0.15) is 0 Å². The van der Waals surface area contributed by atoms with Crippen LogP contribution in [0.25, 0.3) is 0 Å². The van der Waals surface area contributed by atoms with Gasteiger partial charge in [0, 0.05) is 23.3 Å². The van der Waals surface area contributed by atoms with Crippen molar-refractivity contribution in [1.82, 2.24) is 15.6 Å². The second kappa shape index (κ2) is 16.6. The highest BCUT2D eigenvalue weighted by atomic mass is 32.2. The molecule has 232 valence electrons. The summed E-state index contributed by atoms with van der Waals surface area (Å²) in [6.07, 6.45) is 8.83. The van der Waals surface area contributed by atoms with E-state index in [9.17, 15) is 19.2 Å². The first-order valence-electron chi connectivity index (χ1n) is 14.8. The van der Waals surface area contributed by atoms with Crippen molar-refractivity contribution in [3.63, 3.8) is 0 Å². The number of carbonyl (C=O) groups excluding carboxylic acids is 4. The van der Waals surface area contributed by atoms with Crippen molar-refractivity contribution in [1.29, 1.82) is 0 Å². The van der Waals surface area contributed by atoms with Gasteiger partial charge in [-0.05, 0) is 31.3 Å². The molecule has 0 radical (unpaired) electrons. The first-order valence-corrected chi connectivity index (χ1v) is 17.6. The number of fused-ring (bicyclic) bond motifs is 4. The fraction of sp³-hybridized carbons (Fsp3) is 0.667. The van der Waals surface area contributed by atoms with Crippen molar-refractivity contribution in [2.75, 3.05) is 11.5 Å². The van der Waals surface area contributed by atoms with Crippen LogP contribution in [0.2, 0.25) is 0 Å². The number of thioether (sulfide) groups is 2. The van der Waals surface area contributed by atoms with Gasteiger partial charge in [0.25, 0.3) is 0 Å². The topological polar surface area (TPSA) is 127 Å². The molecule has 4 bridgehead atoms. The van der Waals surface area contributed by atoms with Crippen molar-refractivity contribution >= 4 is 62.8 Å². The first-order chi connectivity index (χ1) is 20.0. The van der Waals surface area contributed by atoms with Crippen molar-refractivity contribution in [3.8, 4) is 0 Å². The van der Waals surface area contributed by atoms with E-state index in [0.29, 0.717) is 28.7 Å². The summed E-state index contributed by atoms with van der Waals surface area (Å²) in [6.45, 7) is 9.82. The number of allylic oxidation sites excluding steroid dienone is 1. The number of amides is 2. The van der Waals surface area contributed by atoms with Crippen LogP contribution in [-0.2, 0) is 30.5 Å². The molecule has 2 amide bonds. The maximum Gasteiger partial charge on any atom is 0.329 e. The van der Waals surface area contributed by atoms with E-state index in [1.54, 1.807) is 13.0 Å². The van der Waals surface area contributed by atoms with Crippen LogP contribution in [-0.4, -0.2) is 62.1 Å². The Morgan fingerprint density at radius 2 is 1.98 bits per heavy atom. The van der Waals surface area contributed by atoms with Gasteiger partial charge in [-0.15, -0.1) is 23.1 Å². The summed E-state index contributed by atoms with van der Waals surface area (Å²) in [5.41, 5.74) is -0.359. The molecular formula is C30H44N4O5S3. The fourth-order valence-electron chi connectivity index (χ4n) is 4.37. The van der Waals surface area contributed by atoms with Crippen molar-refractivity contribution < 1.29 is 23.9 Å². The summed E-state index contributed by atoms with van der Waals surface area (Å²) < 4.78 is 5.82. The van der Waals surface area contributed by atoms with Gasteiger partial charge in [0.1, 0.15) is 33.4 Å². The normalized spacial score (nSPS) is 24.3. The molecule has 0 aromatic carbocycles. The largest absolute Gasteiger partial charge is 0.456 e. The Balaban J connectivity index is 1.70. The quantitative estimate of drug-likeness (QED) is 0.191. The molecule has 0 fully saturated rings. The maximum absolute atomic E-state index is 13.3. The summed E-state index contributed by atoms with van der Waals surface area (Å²) in [5, 5.41) is 9.18. The van der Waals surface area contributed by atoms with Crippen molar-refractivity contribution in [2.24, 2.45) is 16.8 Å². The van der Waals surface area contributed by atoms with Gasteiger partial charge in [-0.3, -0.25) is 19.4 Å². The molecule has 4 atom stereocenters. The van der Waals surface area contributed by atoms with Gasteiger partial charge in [0.05, 0.1) is 13.0 Å². The molecule has 42 heavy (non-hydrogen) atoms. The molecule has 12 heteroatoms. The number of thiazole rings is 1. The van der Waals surface area contributed by atoms with Gasteiger partial charge >= 0.3 is 5.97 Å². The van der Waals surface area contributed by atoms with E-state index in [4.69, 9.17) is 4.74 Å². The Kier molecular flexibility index (Phi) is 13.6. The average molecular weight is 637 g/mol. The Bertz CT molecular complexity index is 1170. The SMILES string of the molecule is CCCCCCCC(=O)SCC(C)/C=C/C1CC(=O)NCc2nc(cs2)C2=N[C@@](C)(CS2)C(=O)NC(C(C)C)C(=O)O1. The Morgan fingerprint density at radius 3 is 2.71 bits per heavy atom. The summed E-state index contributed by atoms with van der Waals surface area (Å²) in [6, 6.07) is -0.903. The van der Waals surface area contributed by atoms with E-state index in [-0.39, 0.29) is 41.7 Å². The maximum atomic E-state index is 13.3. The zero-order valence-electron chi connectivity index (χ0n) is 25.3. The molecule has 3 unspecified atom stereocenters. The van der Waals surface area contributed by atoms with Crippen LogP contribution in [0.1, 0.15) is 90.3 Å². The monoisotopic (exact) mass is 636 g/mol. The zero-order chi connectivity index (χ0) is 30.7. The number of aromatic nitrogens is 1. The lowest BCUT2D eigenvalue weighted by atomic mass is 10.0. The number of hydrogen-bond donors (Lipinski definition) is 2. The standard InChI is InChI=1S/C30H44N4O5S3/c1-6-7-8-9-10-11-25(36)41-16-20(4)12-13-21-14-23(35)31-15-24-32-22(17-40-24)27-34-30(5,18-42-27)29(38)33-26(19(2)3)28(37)39-21/h12-13,17,19-21,26H,6-11,14-16,18H2,1-5H3,(H,31,35)(H,33,38)/b13-12+/t20?,21?,26?,30-/m0/s1. The van der Waals surface area contributed by atoms with E-state index in [1.807, 2.05) is 32.2 Å². The molecule has 3 rings (SSSR count). The van der Waals surface area contributed by atoms with Crippen molar-refractivity contribution in [2.45, 2.75) is 104 Å². The number of nitrogens with zero attached hydrogens (tertiary/aromatic N) is 2. The second-order valence-electron chi connectivity index (χ2n) is 11.5. The molecule has 1 aromatic heterocycles. The van der Waals surface area contributed by atoms with Gasteiger partial charge in [0.15, 0.2) is 5.12 Å². The molecule has 3 heterocycles. The summed E-state index contributed by atoms with van der Waals surface area (Å²) in [4.78, 5) is 61.1. The highest BCUT2D eigenvalue weighted by Gasteiger charge is 2.41. The number of hydrogen-bond acceptors (Lipinski definition) is 10. The Labute approximate surface area is 261 Å². The molecule has 9 nitrogen and oxygen atoms in total. The van der Waals surface area contributed by atoms with Crippen LogP contribution >= 0.6 is 34.9 Å². The van der Waals surface area contributed by atoms with Crippen LogP contribution in [0.15, 0.2) is 22.5 Å². The van der Waals surface area contributed by atoms with Gasteiger partial charge in [0.2, 0.25) is 11.8 Å². The summed E-state index contributed by atoms with van der Waals surface area (Å²) in [5.74, 6) is -0.422. The molecule has 2 aliphatic heterocycles. The minimum atomic E-state index is -1.04. The van der Waals surface area contributed by atoms with E-state index >= 15 is 0 Å². The lowest BCUT2D eigenvalue weighted by Crippen LogP contribution is -2.53. The van der Waals surface area contributed by atoms with E-state index in [1.165, 1.54) is 54.1 Å². The predicted octanol–water partition coefficient (Wildman–Crippen LogP) is 5.28. The molecule has 2 N–H and O–H groups in total. The third-order valence-electron chi connectivity index (χ3n) is 7.04. The molecular weight excluding hydrogens is 593 g/mol. The predicted molar refractivity (Wildman–Crippen MR) is 172 cm³/mol. The van der Waals surface area contributed by atoms with Crippen LogP contribution < -0.4 is 10.6 Å². The highest BCUT2D eigenvalue weighted by Crippen LogP contribution is 2.32. The zero-order valence-corrected chi connectivity index (χ0v) is 27.7. The van der Waals surface area contributed by atoms with Crippen LogP contribution in [0.3, 0.4) is 0 Å². The fourth-order valence-corrected chi connectivity index (χ4v) is 7.14. The first kappa shape index (κ1) is 34.3. The third kappa shape index (κ3) is 10.5. The van der Waals surface area contributed by atoms with E-state index in [2.05, 4.69) is 27.5 Å². The van der Waals surface area contributed by atoms with E-state index in [0.717, 1.165) is 17.8 Å². The lowest BCUT2D eigenvalue weighted by Gasteiger charge is -2.27. The highest BCUT2D eigenvalue weighted by molar-refractivity contribution is 8.14. The lowest BCUT2D eigenvalue weighted by molar-refractivity contribution is -0.153. The number of carbonyl (C=O) groups is 4. The molecule has 0 spiro atoms. The molecule has 0 saturated heterocycles. The molecule has 2 aliphatic rings. The number of cyclic esters (lactones) is 1. The minimum Gasteiger partial charge on any atom is -0.456 e.